The van der Waals surface area contributed by atoms with Gasteiger partial charge < -0.3 is 9.88 Å². The molecular weight excluding hydrogens is 263 g/mol. The maximum absolute atomic E-state index is 13.4. The molecule has 2 aromatic rings. The Hall–Kier alpha value is -1.40. The van der Waals surface area contributed by atoms with Crippen LogP contribution < -0.4 is 5.32 Å². The lowest BCUT2D eigenvalue weighted by Crippen LogP contribution is -2.10. The summed E-state index contributed by atoms with van der Waals surface area (Å²) in [6.07, 6.45) is 0. The number of aryl methyl sites for hydroxylation is 1. The number of benzene rings is 1. The molecule has 6 heteroatoms. The second kappa shape index (κ2) is 6.16. The van der Waals surface area contributed by atoms with E-state index in [1.54, 1.807) is 30.8 Å². The van der Waals surface area contributed by atoms with Crippen molar-refractivity contribution >= 4 is 11.8 Å². The van der Waals surface area contributed by atoms with Gasteiger partial charge in [-0.05, 0) is 31.2 Å². The second-order valence-corrected chi connectivity index (χ2v) is 5.30. The summed E-state index contributed by atoms with van der Waals surface area (Å²) in [6.45, 7) is 2.45. The van der Waals surface area contributed by atoms with Gasteiger partial charge in [-0.25, -0.2) is 4.39 Å². The molecule has 2 rings (SSSR count). The molecule has 1 aromatic heterocycles. The van der Waals surface area contributed by atoms with E-state index in [2.05, 4.69) is 15.5 Å². The third-order valence-corrected chi connectivity index (χ3v) is 3.96. The maximum Gasteiger partial charge on any atom is 0.191 e. The Kier molecular flexibility index (Phi) is 4.55. The number of hydrogen-bond acceptors (Lipinski definition) is 4. The van der Waals surface area contributed by atoms with Crippen LogP contribution in [0.3, 0.4) is 0 Å². The van der Waals surface area contributed by atoms with Crippen LogP contribution in [0.1, 0.15) is 17.0 Å². The molecular formula is C13H17FN4S. The number of nitrogens with one attached hydrogen (secondary N) is 1. The third kappa shape index (κ3) is 3.33. The summed E-state index contributed by atoms with van der Waals surface area (Å²) in [5, 5.41) is 12.1. The van der Waals surface area contributed by atoms with Crippen LogP contribution in [-0.4, -0.2) is 21.8 Å². The maximum atomic E-state index is 13.4. The molecule has 0 saturated heterocycles. The minimum Gasteiger partial charge on any atom is -0.313 e. The van der Waals surface area contributed by atoms with Crippen LogP contribution in [0, 0.1) is 12.7 Å². The summed E-state index contributed by atoms with van der Waals surface area (Å²) < 4.78 is 15.4. The van der Waals surface area contributed by atoms with Gasteiger partial charge in [0.15, 0.2) is 5.16 Å². The van der Waals surface area contributed by atoms with Crippen molar-refractivity contribution in [2.75, 3.05) is 7.05 Å². The molecule has 0 aliphatic carbocycles. The van der Waals surface area contributed by atoms with Crippen LogP contribution in [0.5, 0.6) is 0 Å². The van der Waals surface area contributed by atoms with E-state index in [0.29, 0.717) is 17.9 Å². The predicted octanol–water partition coefficient (Wildman–Crippen LogP) is 2.27. The van der Waals surface area contributed by atoms with Crippen LogP contribution >= 0.6 is 11.8 Å². The molecule has 0 aliphatic rings. The smallest absolute Gasteiger partial charge is 0.191 e. The van der Waals surface area contributed by atoms with E-state index in [1.807, 2.05) is 24.7 Å². The number of halogens is 1. The summed E-state index contributed by atoms with van der Waals surface area (Å²) in [5.74, 6) is 1.41. The Morgan fingerprint density at radius 3 is 2.84 bits per heavy atom. The fourth-order valence-corrected chi connectivity index (χ4v) is 2.53. The zero-order chi connectivity index (χ0) is 13.8. The summed E-state index contributed by atoms with van der Waals surface area (Å²) in [4.78, 5) is 0. The van der Waals surface area contributed by atoms with Crippen LogP contribution in [-0.2, 0) is 19.3 Å². The quantitative estimate of drug-likeness (QED) is 0.853. The number of thioether (sulfide) groups is 1. The van der Waals surface area contributed by atoms with Crippen molar-refractivity contribution in [1.82, 2.24) is 20.1 Å². The molecule has 0 bridgehead atoms. The van der Waals surface area contributed by atoms with Crippen LogP contribution in [0.4, 0.5) is 4.39 Å². The predicted molar refractivity (Wildman–Crippen MR) is 74.5 cm³/mol. The van der Waals surface area contributed by atoms with Gasteiger partial charge in [0.25, 0.3) is 0 Å². The third-order valence-electron chi connectivity index (χ3n) is 2.86. The van der Waals surface area contributed by atoms with Gasteiger partial charge in [0.1, 0.15) is 11.6 Å². The zero-order valence-electron chi connectivity index (χ0n) is 11.3. The first-order valence-corrected chi connectivity index (χ1v) is 7.01. The molecule has 1 aromatic carbocycles. The molecule has 0 aliphatic heterocycles. The number of rotatable bonds is 5. The molecule has 19 heavy (non-hydrogen) atoms. The van der Waals surface area contributed by atoms with Crippen molar-refractivity contribution in [3.05, 3.63) is 41.0 Å². The number of nitrogens with zero attached hydrogens (tertiary/aromatic N) is 3. The minimum atomic E-state index is -0.160. The topological polar surface area (TPSA) is 42.7 Å². The van der Waals surface area contributed by atoms with Gasteiger partial charge in [0.05, 0.1) is 6.54 Å². The lowest BCUT2D eigenvalue weighted by molar-refractivity contribution is 0.617. The molecule has 1 N–H and O–H groups in total. The van der Waals surface area contributed by atoms with Gasteiger partial charge in [0, 0.05) is 12.8 Å². The van der Waals surface area contributed by atoms with Crippen molar-refractivity contribution in [3.63, 3.8) is 0 Å². The van der Waals surface area contributed by atoms with E-state index in [0.717, 1.165) is 16.5 Å². The van der Waals surface area contributed by atoms with E-state index in [9.17, 15) is 4.39 Å². The molecule has 0 fully saturated rings. The molecule has 0 unspecified atom stereocenters. The van der Waals surface area contributed by atoms with E-state index in [4.69, 9.17) is 0 Å². The summed E-state index contributed by atoms with van der Waals surface area (Å²) >= 11 is 1.56. The van der Waals surface area contributed by atoms with E-state index in [1.165, 1.54) is 0 Å². The Bertz CT molecular complexity index is 568. The van der Waals surface area contributed by atoms with Gasteiger partial charge >= 0.3 is 0 Å². The standard InChI is InChI=1S/C13H17FN4S/c1-9-4-5-10(6-11(9)14)8-19-13-17-16-12(7-15-2)18(13)3/h4-6,15H,7-8H2,1-3H3. The number of hydrogen-bond donors (Lipinski definition) is 1. The largest absolute Gasteiger partial charge is 0.313 e. The summed E-state index contributed by atoms with van der Waals surface area (Å²) in [6, 6.07) is 5.32. The fourth-order valence-electron chi connectivity index (χ4n) is 1.66. The Balaban J connectivity index is 2.04. The van der Waals surface area contributed by atoms with E-state index >= 15 is 0 Å². The van der Waals surface area contributed by atoms with Crippen molar-refractivity contribution < 1.29 is 4.39 Å². The van der Waals surface area contributed by atoms with Gasteiger partial charge in [-0.1, -0.05) is 23.9 Å². The first-order chi connectivity index (χ1) is 9.11. The Morgan fingerprint density at radius 1 is 1.37 bits per heavy atom. The van der Waals surface area contributed by atoms with E-state index in [-0.39, 0.29) is 5.82 Å². The van der Waals surface area contributed by atoms with Crippen LogP contribution in [0.25, 0.3) is 0 Å². The molecule has 0 saturated carbocycles. The van der Waals surface area contributed by atoms with Crippen LogP contribution in [0.2, 0.25) is 0 Å². The monoisotopic (exact) mass is 280 g/mol. The summed E-state index contributed by atoms with van der Waals surface area (Å²) in [5.41, 5.74) is 1.62. The minimum absolute atomic E-state index is 0.160. The van der Waals surface area contributed by atoms with Crippen LogP contribution in [0.15, 0.2) is 23.4 Å². The second-order valence-electron chi connectivity index (χ2n) is 4.36. The highest BCUT2D eigenvalue weighted by atomic mass is 32.2. The molecule has 4 nitrogen and oxygen atoms in total. The zero-order valence-corrected chi connectivity index (χ0v) is 12.1. The van der Waals surface area contributed by atoms with Crippen molar-refractivity contribution in [3.8, 4) is 0 Å². The number of aromatic nitrogens is 3. The molecule has 1 heterocycles. The molecule has 0 atom stereocenters. The molecule has 0 radical (unpaired) electrons. The van der Waals surface area contributed by atoms with Crippen molar-refractivity contribution in [2.45, 2.75) is 24.4 Å². The van der Waals surface area contributed by atoms with Crippen molar-refractivity contribution in [2.24, 2.45) is 7.05 Å². The highest BCUT2D eigenvalue weighted by Gasteiger charge is 2.09. The Labute approximate surface area is 116 Å². The summed E-state index contributed by atoms with van der Waals surface area (Å²) in [7, 11) is 3.81. The average molecular weight is 280 g/mol. The molecule has 0 spiro atoms. The molecule has 102 valence electrons. The van der Waals surface area contributed by atoms with Gasteiger partial charge in [-0.15, -0.1) is 10.2 Å². The SMILES string of the molecule is CNCc1nnc(SCc2ccc(C)c(F)c2)n1C. The van der Waals surface area contributed by atoms with Gasteiger partial charge in [0.2, 0.25) is 0 Å². The average Bonchev–Trinajstić information content (AvgIpc) is 2.73. The van der Waals surface area contributed by atoms with Gasteiger partial charge in [-0.2, -0.15) is 0 Å². The van der Waals surface area contributed by atoms with Gasteiger partial charge in [-0.3, -0.25) is 0 Å². The lowest BCUT2D eigenvalue weighted by atomic mass is 10.2. The highest BCUT2D eigenvalue weighted by molar-refractivity contribution is 7.98. The molecule has 0 amide bonds. The van der Waals surface area contributed by atoms with Crippen molar-refractivity contribution in [1.29, 1.82) is 0 Å². The highest BCUT2D eigenvalue weighted by Crippen LogP contribution is 2.22. The Morgan fingerprint density at radius 2 is 2.16 bits per heavy atom. The first kappa shape index (κ1) is 14.0. The lowest BCUT2D eigenvalue weighted by Gasteiger charge is -2.04. The fraction of sp³-hybridized carbons (Fsp3) is 0.385. The van der Waals surface area contributed by atoms with E-state index < -0.39 is 0 Å². The normalized spacial score (nSPS) is 10.9. The first-order valence-electron chi connectivity index (χ1n) is 6.02.